The summed E-state index contributed by atoms with van der Waals surface area (Å²) in [6, 6.07) is 26.1. The van der Waals surface area contributed by atoms with Gasteiger partial charge in [0, 0.05) is 28.4 Å². The number of aromatic nitrogens is 2. The van der Waals surface area contributed by atoms with Gasteiger partial charge in [0.1, 0.15) is 5.76 Å². The van der Waals surface area contributed by atoms with E-state index in [0.717, 1.165) is 63.1 Å². The molecular formula is C35H34ClN3O4. The molecule has 0 aliphatic heterocycles. The fraction of sp³-hybridized carbons (Fsp3) is 0.257. The van der Waals surface area contributed by atoms with E-state index in [4.69, 9.17) is 26.2 Å². The van der Waals surface area contributed by atoms with Gasteiger partial charge in [-0.3, -0.25) is 9.59 Å². The van der Waals surface area contributed by atoms with Crippen LogP contribution < -0.4 is 5.32 Å². The molecule has 0 aliphatic rings. The van der Waals surface area contributed by atoms with Crippen LogP contribution >= 0.6 is 11.6 Å². The number of aryl methyl sites for hydroxylation is 2. The second kappa shape index (κ2) is 13.2. The number of carboxylic acids is 1. The molecule has 43 heavy (non-hydrogen) atoms. The lowest BCUT2D eigenvalue weighted by atomic mass is 9.74. The molecule has 7 nitrogen and oxygen atoms in total. The third kappa shape index (κ3) is 6.62. The largest absolute Gasteiger partial charge is 0.481 e. The van der Waals surface area contributed by atoms with E-state index in [1.54, 1.807) is 0 Å². The number of carbonyl (C=O) groups is 2. The molecule has 2 heterocycles. The van der Waals surface area contributed by atoms with Crippen LogP contribution in [-0.2, 0) is 4.79 Å². The Kier molecular flexibility index (Phi) is 9.22. The molecular weight excluding hydrogens is 562 g/mol. The van der Waals surface area contributed by atoms with Crippen molar-refractivity contribution in [2.45, 2.75) is 51.9 Å². The predicted octanol–water partition coefficient (Wildman–Crippen LogP) is 8.08. The number of nitrogens with one attached hydrogen (secondary N) is 1. The van der Waals surface area contributed by atoms with Gasteiger partial charge in [-0.1, -0.05) is 72.6 Å². The zero-order chi connectivity index (χ0) is 30.5. The molecule has 0 saturated carbocycles. The highest BCUT2D eigenvalue weighted by atomic mass is 35.5. The lowest BCUT2D eigenvalue weighted by Gasteiger charge is -2.30. The van der Waals surface area contributed by atoms with Gasteiger partial charge in [0.2, 0.25) is 0 Å². The number of benzene rings is 3. The molecule has 2 atom stereocenters. The second-order valence-electron chi connectivity index (χ2n) is 10.8. The Labute approximate surface area is 255 Å². The fourth-order valence-corrected chi connectivity index (χ4v) is 5.97. The molecule has 0 spiro atoms. The number of rotatable bonds is 11. The molecule has 220 valence electrons. The van der Waals surface area contributed by atoms with Crippen LogP contribution in [-0.4, -0.2) is 33.7 Å². The topological polar surface area (TPSA) is 105 Å². The molecule has 1 amide bonds. The first-order chi connectivity index (χ1) is 20.8. The standard InChI is InChI=1S/C35H34ClN3O4/c1-4-6-27(23-9-11-25(12-10-23)35(42)37-20-19-32(40)41)34(24-13-15-26(36)16-14-24)29-7-5-8-30-28(29)17-18-31(38-30)33-21(2)39-43-22(33)3/h5,7-18,27,34H,4,6,19-20H2,1-3H3,(H,37,42)(H,40,41)/t27-,34?/m1/s1. The Hall–Kier alpha value is -4.49. The van der Waals surface area contributed by atoms with Gasteiger partial charge < -0.3 is 14.9 Å². The fourth-order valence-electron chi connectivity index (χ4n) is 5.84. The van der Waals surface area contributed by atoms with E-state index < -0.39 is 5.97 Å². The molecule has 5 aromatic rings. The van der Waals surface area contributed by atoms with Crippen molar-refractivity contribution in [1.82, 2.24) is 15.5 Å². The summed E-state index contributed by atoms with van der Waals surface area (Å²) >= 11 is 6.31. The number of aliphatic carboxylic acids is 1. The van der Waals surface area contributed by atoms with Gasteiger partial charge in [-0.15, -0.1) is 0 Å². The Balaban J connectivity index is 1.57. The second-order valence-corrected chi connectivity index (χ2v) is 11.2. The summed E-state index contributed by atoms with van der Waals surface area (Å²) in [6.07, 6.45) is 1.76. The maximum atomic E-state index is 12.6. The average molecular weight is 596 g/mol. The van der Waals surface area contributed by atoms with Crippen molar-refractivity contribution in [2.75, 3.05) is 6.54 Å². The number of hydrogen-bond acceptors (Lipinski definition) is 5. The van der Waals surface area contributed by atoms with E-state index in [2.05, 4.69) is 47.7 Å². The maximum Gasteiger partial charge on any atom is 0.305 e. The highest BCUT2D eigenvalue weighted by Gasteiger charge is 2.28. The van der Waals surface area contributed by atoms with Crippen LogP contribution in [0.1, 0.15) is 76.5 Å². The monoisotopic (exact) mass is 595 g/mol. The number of halogens is 1. The quantitative estimate of drug-likeness (QED) is 0.160. The van der Waals surface area contributed by atoms with Crippen molar-refractivity contribution < 1.29 is 19.2 Å². The lowest BCUT2D eigenvalue weighted by Crippen LogP contribution is -2.26. The first-order valence-corrected chi connectivity index (χ1v) is 14.8. The molecule has 0 fully saturated rings. The van der Waals surface area contributed by atoms with E-state index in [1.165, 1.54) is 0 Å². The normalized spacial score (nSPS) is 12.7. The molecule has 0 saturated heterocycles. The van der Waals surface area contributed by atoms with Crippen molar-refractivity contribution in [3.63, 3.8) is 0 Å². The first-order valence-electron chi connectivity index (χ1n) is 14.4. The van der Waals surface area contributed by atoms with E-state index in [0.29, 0.717) is 10.6 Å². The van der Waals surface area contributed by atoms with Crippen LogP contribution in [0, 0.1) is 13.8 Å². The van der Waals surface area contributed by atoms with Gasteiger partial charge in [0.25, 0.3) is 5.91 Å². The van der Waals surface area contributed by atoms with Crippen LogP contribution in [0.3, 0.4) is 0 Å². The van der Waals surface area contributed by atoms with E-state index in [9.17, 15) is 9.59 Å². The van der Waals surface area contributed by atoms with Crippen LogP contribution in [0.4, 0.5) is 0 Å². The highest BCUT2D eigenvalue weighted by molar-refractivity contribution is 6.30. The minimum atomic E-state index is -0.949. The Morgan fingerprint density at radius 1 is 0.953 bits per heavy atom. The molecule has 0 bridgehead atoms. The molecule has 2 N–H and O–H groups in total. The average Bonchev–Trinajstić information content (AvgIpc) is 3.34. The van der Waals surface area contributed by atoms with Crippen LogP contribution in [0.2, 0.25) is 5.02 Å². The van der Waals surface area contributed by atoms with Gasteiger partial charge in [0.15, 0.2) is 0 Å². The van der Waals surface area contributed by atoms with E-state index >= 15 is 0 Å². The number of hydrogen-bond donors (Lipinski definition) is 2. The highest BCUT2D eigenvalue weighted by Crippen LogP contribution is 2.44. The Morgan fingerprint density at radius 2 is 1.67 bits per heavy atom. The van der Waals surface area contributed by atoms with Crippen LogP contribution in [0.15, 0.2) is 83.4 Å². The Morgan fingerprint density at radius 3 is 2.33 bits per heavy atom. The third-order valence-corrected chi connectivity index (χ3v) is 8.10. The van der Waals surface area contributed by atoms with Gasteiger partial charge in [0.05, 0.1) is 28.9 Å². The number of pyridine rings is 1. The van der Waals surface area contributed by atoms with Gasteiger partial charge in [-0.05, 0) is 79.3 Å². The van der Waals surface area contributed by atoms with E-state index in [-0.39, 0.29) is 30.7 Å². The lowest BCUT2D eigenvalue weighted by molar-refractivity contribution is -0.136. The molecule has 1 unspecified atom stereocenters. The predicted molar refractivity (Wildman–Crippen MR) is 169 cm³/mol. The van der Waals surface area contributed by atoms with Gasteiger partial charge in [-0.2, -0.15) is 0 Å². The summed E-state index contributed by atoms with van der Waals surface area (Å²) < 4.78 is 5.40. The van der Waals surface area contributed by atoms with Crippen LogP contribution in [0.5, 0.6) is 0 Å². The number of amides is 1. The number of carboxylic acid groups (broad SMARTS) is 1. The van der Waals surface area contributed by atoms with Crippen molar-refractivity contribution in [3.8, 4) is 11.3 Å². The molecule has 3 aromatic carbocycles. The zero-order valence-corrected chi connectivity index (χ0v) is 25.2. The zero-order valence-electron chi connectivity index (χ0n) is 24.4. The summed E-state index contributed by atoms with van der Waals surface area (Å²) in [4.78, 5) is 28.5. The van der Waals surface area contributed by atoms with E-state index in [1.807, 2.05) is 62.4 Å². The summed E-state index contributed by atoms with van der Waals surface area (Å²) in [6.45, 7) is 6.08. The van der Waals surface area contributed by atoms with Crippen molar-refractivity contribution >= 4 is 34.4 Å². The SMILES string of the molecule is CCC[C@H](c1ccc(C(=O)NCCC(=O)O)cc1)C(c1ccc(Cl)cc1)c1cccc2nc(-c3c(C)noc3C)ccc12. The van der Waals surface area contributed by atoms with Gasteiger partial charge >= 0.3 is 5.97 Å². The molecule has 0 radical (unpaired) electrons. The van der Waals surface area contributed by atoms with Crippen molar-refractivity contribution in [3.05, 3.63) is 118 Å². The summed E-state index contributed by atoms with van der Waals surface area (Å²) in [5, 5.41) is 17.4. The number of fused-ring (bicyclic) bond motifs is 1. The number of carbonyl (C=O) groups excluding carboxylic acids is 1. The molecule has 5 rings (SSSR count). The number of nitrogens with zero attached hydrogens (tertiary/aromatic N) is 2. The first kappa shape index (κ1) is 30.0. The molecule has 2 aromatic heterocycles. The van der Waals surface area contributed by atoms with Crippen molar-refractivity contribution in [1.29, 1.82) is 0 Å². The van der Waals surface area contributed by atoms with Gasteiger partial charge in [-0.25, -0.2) is 4.98 Å². The summed E-state index contributed by atoms with van der Waals surface area (Å²) in [5.41, 5.74) is 7.34. The molecule has 8 heteroatoms. The Bertz CT molecular complexity index is 1730. The minimum Gasteiger partial charge on any atom is -0.481 e. The molecule has 0 aliphatic carbocycles. The van der Waals surface area contributed by atoms with Crippen molar-refractivity contribution in [2.24, 2.45) is 0 Å². The summed E-state index contributed by atoms with van der Waals surface area (Å²) in [5.74, 6) is -0.411. The van der Waals surface area contributed by atoms with Crippen LogP contribution in [0.25, 0.3) is 22.2 Å². The third-order valence-electron chi connectivity index (χ3n) is 7.85. The maximum absolute atomic E-state index is 12.6. The summed E-state index contributed by atoms with van der Waals surface area (Å²) in [7, 11) is 0. The minimum absolute atomic E-state index is 0.0112. The smallest absolute Gasteiger partial charge is 0.305 e.